The number of carbonyl (C=O) groups is 3. The zero-order chi connectivity index (χ0) is 18.3. The van der Waals surface area contributed by atoms with Crippen molar-refractivity contribution in [1.82, 2.24) is 10.6 Å². The minimum atomic E-state index is -1.07. The summed E-state index contributed by atoms with van der Waals surface area (Å²) in [6.07, 6.45) is 0.292. The summed E-state index contributed by atoms with van der Waals surface area (Å²) in [6, 6.07) is 6.92. The third-order valence-electron chi connectivity index (χ3n) is 3.86. The van der Waals surface area contributed by atoms with Crippen LogP contribution in [-0.2, 0) is 14.4 Å². The molecule has 0 radical (unpaired) electrons. The Morgan fingerprint density at radius 2 is 1.71 bits per heavy atom. The third-order valence-corrected chi connectivity index (χ3v) is 3.86. The van der Waals surface area contributed by atoms with Crippen LogP contribution in [-0.4, -0.2) is 34.8 Å². The molecular formula is C18H26N2O4. The van der Waals surface area contributed by atoms with E-state index < -0.39 is 30.0 Å². The molecule has 1 rings (SSSR count). The number of ketones is 1. The van der Waals surface area contributed by atoms with Crippen molar-refractivity contribution in [2.75, 3.05) is 0 Å². The van der Waals surface area contributed by atoms with E-state index in [4.69, 9.17) is 5.11 Å². The summed E-state index contributed by atoms with van der Waals surface area (Å²) >= 11 is 0. The Balaban J connectivity index is 2.96. The zero-order valence-corrected chi connectivity index (χ0v) is 14.6. The van der Waals surface area contributed by atoms with Crippen LogP contribution in [0.15, 0.2) is 30.3 Å². The molecule has 0 bridgehead atoms. The van der Waals surface area contributed by atoms with Crippen molar-refractivity contribution in [3.8, 4) is 0 Å². The average molecular weight is 334 g/mol. The smallest absolute Gasteiger partial charge is 0.326 e. The summed E-state index contributed by atoms with van der Waals surface area (Å²) < 4.78 is 0. The lowest BCUT2D eigenvalue weighted by atomic mass is 9.97. The highest BCUT2D eigenvalue weighted by molar-refractivity contribution is 5.88. The van der Waals surface area contributed by atoms with Crippen molar-refractivity contribution in [1.29, 1.82) is 0 Å². The van der Waals surface area contributed by atoms with Crippen molar-refractivity contribution in [3.63, 3.8) is 0 Å². The van der Waals surface area contributed by atoms with Gasteiger partial charge in [-0.15, -0.1) is 0 Å². The Morgan fingerprint density at radius 1 is 1.12 bits per heavy atom. The predicted octanol–water partition coefficient (Wildman–Crippen LogP) is 1.91. The van der Waals surface area contributed by atoms with Gasteiger partial charge in [0.1, 0.15) is 6.04 Å². The second-order valence-electron chi connectivity index (χ2n) is 6.15. The van der Waals surface area contributed by atoms with Crippen molar-refractivity contribution >= 4 is 17.7 Å². The van der Waals surface area contributed by atoms with Gasteiger partial charge >= 0.3 is 5.97 Å². The maximum atomic E-state index is 12.5. The number of aliphatic carboxylic acids is 1. The largest absolute Gasteiger partial charge is 0.480 e. The van der Waals surface area contributed by atoms with Crippen LogP contribution in [0.1, 0.15) is 45.7 Å². The Labute approximate surface area is 142 Å². The molecule has 1 amide bonds. The summed E-state index contributed by atoms with van der Waals surface area (Å²) in [5.41, 5.74) is 0.772. The van der Waals surface area contributed by atoms with Crippen LogP contribution in [0.5, 0.6) is 0 Å². The Kier molecular flexibility index (Phi) is 7.58. The van der Waals surface area contributed by atoms with Crippen LogP contribution in [0, 0.1) is 5.92 Å². The van der Waals surface area contributed by atoms with Crippen LogP contribution in [0.25, 0.3) is 0 Å². The molecule has 0 saturated carbocycles. The molecule has 132 valence electrons. The summed E-state index contributed by atoms with van der Waals surface area (Å²) in [4.78, 5) is 35.6. The first kappa shape index (κ1) is 19.8. The molecule has 0 aliphatic carbocycles. The van der Waals surface area contributed by atoms with Gasteiger partial charge in [-0.25, -0.2) is 4.79 Å². The van der Waals surface area contributed by atoms with E-state index in [2.05, 4.69) is 10.6 Å². The molecule has 0 aromatic heterocycles. The van der Waals surface area contributed by atoms with E-state index in [-0.39, 0.29) is 11.7 Å². The molecule has 24 heavy (non-hydrogen) atoms. The molecule has 3 unspecified atom stereocenters. The topological polar surface area (TPSA) is 95.5 Å². The van der Waals surface area contributed by atoms with E-state index in [9.17, 15) is 14.4 Å². The monoisotopic (exact) mass is 334 g/mol. The van der Waals surface area contributed by atoms with Gasteiger partial charge in [-0.05, 0) is 24.8 Å². The lowest BCUT2D eigenvalue weighted by molar-refractivity contribution is -0.142. The highest BCUT2D eigenvalue weighted by Crippen LogP contribution is 2.17. The molecule has 1 aromatic carbocycles. The van der Waals surface area contributed by atoms with Gasteiger partial charge in [-0.3, -0.25) is 14.9 Å². The first-order valence-electron chi connectivity index (χ1n) is 8.12. The van der Waals surface area contributed by atoms with Gasteiger partial charge in [0.15, 0.2) is 5.78 Å². The standard InChI is InChI=1S/C18H26N2O4/c1-5-14(18(23)24)19-17(22)15(11(2)3)20-16(12(4)21)13-9-7-6-8-10-13/h6-11,14-16,20H,5H2,1-4H3,(H,19,22)(H,23,24). The molecule has 6 nitrogen and oxygen atoms in total. The molecule has 0 aliphatic heterocycles. The summed E-state index contributed by atoms with van der Waals surface area (Å²) in [6.45, 7) is 6.85. The minimum absolute atomic E-state index is 0.107. The number of amides is 1. The maximum absolute atomic E-state index is 12.5. The summed E-state index contributed by atoms with van der Waals surface area (Å²) in [7, 11) is 0. The Bertz CT molecular complexity index is 572. The molecule has 1 aromatic rings. The van der Waals surface area contributed by atoms with Crippen molar-refractivity contribution in [2.24, 2.45) is 5.92 Å². The highest BCUT2D eigenvalue weighted by atomic mass is 16.4. The number of hydrogen-bond donors (Lipinski definition) is 3. The normalized spacial score (nSPS) is 14.7. The Hall–Kier alpha value is -2.21. The quantitative estimate of drug-likeness (QED) is 0.641. The van der Waals surface area contributed by atoms with Crippen LogP contribution in [0.3, 0.4) is 0 Å². The van der Waals surface area contributed by atoms with Crippen molar-refractivity contribution < 1.29 is 19.5 Å². The number of carboxylic acids is 1. The van der Waals surface area contributed by atoms with Gasteiger partial charge in [0, 0.05) is 0 Å². The fourth-order valence-electron chi connectivity index (χ4n) is 2.44. The van der Waals surface area contributed by atoms with E-state index in [0.717, 1.165) is 5.56 Å². The summed E-state index contributed by atoms with van der Waals surface area (Å²) in [5, 5.41) is 14.7. The second kappa shape index (κ2) is 9.17. The van der Waals surface area contributed by atoms with Gasteiger partial charge in [0.25, 0.3) is 0 Å². The molecular weight excluding hydrogens is 308 g/mol. The van der Waals surface area contributed by atoms with E-state index in [0.29, 0.717) is 6.42 Å². The number of Topliss-reactive ketones (excluding diaryl/α,β-unsaturated/α-hetero) is 1. The zero-order valence-electron chi connectivity index (χ0n) is 14.6. The second-order valence-corrected chi connectivity index (χ2v) is 6.15. The van der Waals surface area contributed by atoms with E-state index in [1.165, 1.54) is 6.92 Å². The predicted molar refractivity (Wildman–Crippen MR) is 91.5 cm³/mol. The van der Waals surface area contributed by atoms with Gasteiger partial charge in [-0.1, -0.05) is 51.1 Å². The number of nitrogens with one attached hydrogen (secondary N) is 2. The first-order valence-corrected chi connectivity index (χ1v) is 8.12. The molecule has 0 spiro atoms. The van der Waals surface area contributed by atoms with Gasteiger partial charge < -0.3 is 10.4 Å². The minimum Gasteiger partial charge on any atom is -0.480 e. The highest BCUT2D eigenvalue weighted by Gasteiger charge is 2.30. The fraction of sp³-hybridized carbons (Fsp3) is 0.500. The third kappa shape index (κ3) is 5.45. The Morgan fingerprint density at radius 3 is 2.12 bits per heavy atom. The molecule has 0 heterocycles. The van der Waals surface area contributed by atoms with Crippen LogP contribution in [0.2, 0.25) is 0 Å². The van der Waals surface area contributed by atoms with Gasteiger partial charge in [-0.2, -0.15) is 0 Å². The molecule has 0 aliphatic rings. The number of rotatable bonds is 9. The van der Waals surface area contributed by atoms with E-state index >= 15 is 0 Å². The fourth-order valence-corrected chi connectivity index (χ4v) is 2.44. The lowest BCUT2D eigenvalue weighted by Gasteiger charge is -2.27. The van der Waals surface area contributed by atoms with Gasteiger partial charge in [0.05, 0.1) is 12.1 Å². The first-order chi connectivity index (χ1) is 11.3. The average Bonchev–Trinajstić information content (AvgIpc) is 2.52. The van der Waals surface area contributed by atoms with E-state index in [1.807, 2.05) is 44.2 Å². The number of benzene rings is 1. The number of carbonyl (C=O) groups excluding carboxylic acids is 2. The molecule has 6 heteroatoms. The van der Waals surface area contributed by atoms with Crippen molar-refractivity contribution in [3.05, 3.63) is 35.9 Å². The van der Waals surface area contributed by atoms with Crippen LogP contribution in [0.4, 0.5) is 0 Å². The molecule has 0 fully saturated rings. The van der Waals surface area contributed by atoms with Gasteiger partial charge in [0.2, 0.25) is 5.91 Å². The molecule has 0 saturated heterocycles. The molecule has 3 N–H and O–H groups in total. The molecule has 3 atom stereocenters. The number of hydrogen-bond acceptors (Lipinski definition) is 4. The van der Waals surface area contributed by atoms with E-state index in [1.54, 1.807) is 6.92 Å². The lowest BCUT2D eigenvalue weighted by Crippen LogP contribution is -2.53. The van der Waals surface area contributed by atoms with Crippen molar-refractivity contribution in [2.45, 2.75) is 52.2 Å². The summed E-state index contributed by atoms with van der Waals surface area (Å²) in [5.74, 6) is -1.70. The maximum Gasteiger partial charge on any atom is 0.326 e. The SMILES string of the molecule is CCC(NC(=O)C(NC(C(C)=O)c1ccccc1)C(C)C)C(=O)O. The van der Waals surface area contributed by atoms with Crippen LogP contribution < -0.4 is 10.6 Å². The number of carboxylic acid groups (broad SMARTS) is 1. The van der Waals surface area contributed by atoms with Crippen LogP contribution >= 0.6 is 0 Å².